The summed E-state index contributed by atoms with van der Waals surface area (Å²) in [7, 11) is 0. The van der Waals surface area contributed by atoms with Crippen molar-refractivity contribution < 1.29 is 14.3 Å². The van der Waals surface area contributed by atoms with Gasteiger partial charge in [0, 0.05) is 5.02 Å². The molecule has 30 heavy (non-hydrogen) atoms. The Morgan fingerprint density at radius 2 is 1.67 bits per heavy atom. The molecule has 1 N–H and O–H groups in total. The molecule has 148 valence electrons. The van der Waals surface area contributed by atoms with E-state index in [9.17, 15) is 9.59 Å². The van der Waals surface area contributed by atoms with Gasteiger partial charge >= 0.3 is 5.97 Å². The number of benzene rings is 3. The van der Waals surface area contributed by atoms with Gasteiger partial charge < -0.3 is 10.1 Å². The van der Waals surface area contributed by atoms with Crippen molar-refractivity contribution in [3.63, 3.8) is 0 Å². The minimum atomic E-state index is -0.467. The number of nitrogens with one attached hydrogen (secondary N) is 1. The second-order valence-corrected chi connectivity index (χ2v) is 7.75. The third-order valence-corrected chi connectivity index (χ3v) is 5.27. The quantitative estimate of drug-likeness (QED) is 0.337. The van der Waals surface area contributed by atoms with Crippen LogP contribution in [0.1, 0.15) is 15.9 Å². The van der Waals surface area contributed by atoms with Gasteiger partial charge in [0.05, 0.1) is 16.2 Å². The molecule has 1 aliphatic rings. The van der Waals surface area contributed by atoms with Crippen molar-refractivity contribution in [2.45, 2.75) is 0 Å². The lowest BCUT2D eigenvalue weighted by atomic mass is 10.2. The Hall–Kier alpha value is -3.35. The number of para-hydroxylation sites is 1. The number of ether oxygens (including phenoxy) is 1. The van der Waals surface area contributed by atoms with E-state index in [2.05, 4.69) is 10.3 Å². The van der Waals surface area contributed by atoms with Crippen LogP contribution in [0.25, 0.3) is 6.08 Å². The summed E-state index contributed by atoms with van der Waals surface area (Å²) < 4.78 is 5.36. The van der Waals surface area contributed by atoms with Crippen LogP contribution in [0.5, 0.6) is 5.75 Å². The third-order valence-electron chi connectivity index (χ3n) is 4.11. The number of carbonyl (C=O) groups excluding carboxylic acids is 2. The number of amidine groups is 1. The molecule has 0 saturated carbocycles. The molecule has 0 bridgehead atoms. The van der Waals surface area contributed by atoms with Gasteiger partial charge in [-0.2, -0.15) is 0 Å². The Morgan fingerprint density at radius 3 is 2.37 bits per heavy atom. The first-order chi connectivity index (χ1) is 14.6. The molecule has 0 spiro atoms. The number of halogens is 1. The maximum atomic E-state index is 12.2. The number of hydrogen-bond donors (Lipinski definition) is 1. The van der Waals surface area contributed by atoms with Gasteiger partial charge in [-0.25, -0.2) is 9.79 Å². The summed E-state index contributed by atoms with van der Waals surface area (Å²) in [6.07, 6.45) is 1.76. The van der Waals surface area contributed by atoms with Gasteiger partial charge in [-0.3, -0.25) is 4.79 Å². The Kier molecular flexibility index (Phi) is 5.97. The minimum absolute atomic E-state index is 0.201. The second kappa shape index (κ2) is 8.98. The van der Waals surface area contributed by atoms with Crippen LogP contribution in [0.4, 0.5) is 5.69 Å². The van der Waals surface area contributed by atoms with Gasteiger partial charge in [0.2, 0.25) is 0 Å². The van der Waals surface area contributed by atoms with Crippen LogP contribution in [0.2, 0.25) is 5.02 Å². The number of amides is 1. The molecule has 4 rings (SSSR count). The number of nitrogens with zero attached hydrogens (tertiary/aromatic N) is 1. The van der Waals surface area contributed by atoms with E-state index in [1.54, 1.807) is 54.6 Å². The number of rotatable bonds is 4. The third kappa shape index (κ3) is 4.97. The van der Waals surface area contributed by atoms with Crippen molar-refractivity contribution in [1.29, 1.82) is 0 Å². The molecule has 1 amide bonds. The van der Waals surface area contributed by atoms with E-state index < -0.39 is 5.97 Å². The molecule has 1 heterocycles. The molecule has 3 aromatic rings. The Bertz CT molecular complexity index is 1140. The highest BCUT2D eigenvalue weighted by Crippen LogP contribution is 2.28. The molecule has 0 unspecified atom stereocenters. The van der Waals surface area contributed by atoms with Crippen molar-refractivity contribution in [3.8, 4) is 5.75 Å². The minimum Gasteiger partial charge on any atom is -0.423 e. The number of carbonyl (C=O) groups is 2. The predicted octanol–water partition coefficient (Wildman–Crippen LogP) is 5.45. The van der Waals surface area contributed by atoms with E-state index in [-0.39, 0.29) is 5.91 Å². The first kappa shape index (κ1) is 19.9. The van der Waals surface area contributed by atoms with Crippen molar-refractivity contribution >= 4 is 52.2 Å². The number of esters is 1. The van der Waals surface area contributed by atoms with Crippen molar-refractivity contribution in [2.24, 2.45) is 4.99 Å². The highest BCUT2D eigenvalue weighted by molar-refractivity contribution is 8.18. The van der Waals surface area contributed by atoms with Crippen LogP contribution < -0.4 is 10.1 Å². The highest BCUT2D eigenvalue weighted by Gasteiger charge is 2.23. The van der Waals surface area contributed by atoms with Crippen LogP contribution >= 0.6 is 23.4 Å². The normalized spacial score (nSPS) is 16.0. The largest absolute Gasteiger partial charge is 0.423 e. The van der Waals surface area contributed by atoms with Crippen molar-refractivity contribution in [3.05, 3.63) is 99.9 Å². The Morgan fingerprint density at radius 1 is 0.967 bits per heavy atom. The fourth-order valence-electron chi connectivity index (χ4n) is 2.64. The van der Waals surface area contributed by atoms with E-state index in [1.807, 2.05) is 30.3 Å². The molecule has 0 atom stereocenters. The zero-order valence-electron chi connectivity index (χ0n) is 15.5. The van der Waals surface area contributed by atoms with Crippen LogP contribution in [0, 0.1) is 0 Å². The number of thioether (sulfide) groups is 1. The van der Waals surface area contributed by atoms with Crippen LogP contribution in [0.3, 0.4) is 0 Å². The van der Waals surface area contributed by atoms with E-state index in [0.717, 1.165) is 11.3 Å². The summed E-state index contributed by atoms with van der Waals surface area (Å²) in [5.74, 6) is -0.259. The van der Waals surface area contributed by atoms with Gasteiger partial charge in [0.1, 0.15) is 5.75 Å². The summed E-state index contributed by atoms with van der Waals surface area (Å²) in [6.45, 7) is 0. The molecule has 1 fully saturated rings. The second-order valence-electron chi connectivity index (χ2n) is 6.28. The molecule has 0 radical (unpaired) electrons. The van der Waals surface area contributed by atoms with Crippen LogP contribution in [-0.2, 0) is 4.79 Å². The van der Waals surface area contributed by atoms with E-state index >= 15 is 0 Å². The molecule has 7 heteroatoms. The Labute approximate surface area is 182 Å². The molecule has 0 aliphatic carbocycles. The molecule has 1 aliphatic heterocycles. The summed E-state index contributed by atoms with van der Waals surface area (Å²) >= 11 is 7.10. The number of aliphatic imine (C=N–C) groups is 1. The lowest BCUT2D eigenvalue weighted by Gasteiger charge is -2.05. The maximum absolute atomic E-state index is 12.2. The molecule has 1 saturated heterocycles. The molecular weight excluding hydrogens is 420 g/mol. The molecule has 0 aromatic heterocycles. The maximum Gasteiger partial charge on any atom is 0.343 e. The summed E-state index contributed by atoms with van der Waals surface area (Å²) in [5, 5.41) is 3.84. The standard InChI is InChI=1S/C23H15ClN2O3S/c24-17-10-8-16(9-11-17)22(28)29-19-12-6-15(7-13-19)14-20-21(27)26-23(30-20)25-18-4-2-1-3-5-18/h1-14H,(H,25,26,27)/b20-14+. The molecular formula is C23H15ClN2O3S. The average Bonchev–Trinajstić information content (AvgIpc) is 3.09. The van der Waals surface area contributed by atoms with Gasteiger partial charge in [0.25, 0.3) is 5.91 Å². The first-order valence-corrected chi connectivity index (χ1v) is 10.2. The average molecular weight is 435 g/mol. The summed E-state index contributed by atoms with van der Waals surface area (Å²) in [6, 6.07) is 22.8. The summed E-state index contributed by atoms with van der Waals surface area (Å²) in [5.41, 5.74) is 1.99. The van der Waals surface area contributed by atoms with Crippen molar-refractivity contribution in [1.82, 2.24) is 5.32 Å². The van der Waals surface area contributed by atoms with E-state index in [1.165, 1.54) is 11.8 Å². The predicted molar refractivity (Wildman–Crippen MR) is 120 cm³/mol. The van der Waals surface area contributed by atoms with Gasteiger partial charge in [-0.15, -0.1) is 0 Å². The van der Waals surface area contributed by atoms with E-state index in [4.69, 9.17) is 16.3 Å². The topological polar surface area (TPSA) is 67.8 Å². The van der Waals surface area contributed by atoms with Crippen LogP contribution in [-0.4, -0.2) is 17.0 Å². The smallest absolute Gasteiger partial charge is 0.343 e. The lowest BCUT2D eigenvalue weighted by molar-refractivity contribution is -0.115. The zero-order chi connectivity index (χ0) is 20.9. The van der Waals surface area contributed by atoms with Gasteiger partial charge in [-0.1, -0.05) is 41.9 Å². The number of hydrogen-bond acceptors (Lipinski definition) is 5. The fraction of sp³-hybridized carbons (Fsp3) is 0. The molecule has 5 nitrogen and oxygen atoms in total. The monoisotopic (exact) mass is 434 g/mol. The van der Waals surface area contributed by atoms with Crippen LogP contribution in [0.15, 0.2) is 88.8 Å². The van der Waals surface area contributed by atoms with E-state index in [0.29, 0.717) is 26.4 Å². The van der Waals surface area contributed by atoms with Crippen molar-refractivity contribution in [2.75, 3.05) is 0 Å². The molecule has 3 aromatic carbocycles. The lowest BCUT2D eigenvalue weighted by Crippen LogP contribution is -2.19. The first-order valence-electron chi connectivity index (χ1n) is 8.99. The van der Waals surface area contributed by atoms with Gasteiger partial charge in [0.15, 0.2) is 5.17 Å². The SMILES string of the molecule is O=C1NC(=Nc2ccccc2)S/C1=C/c1ccc(OC(=O)c2ccc(Cl)cc2)cc1. The Balaban J connectivity index is 1.43. The van der Waals surface area contributed by atoms with Gasteiger partial charge in [-0.05, 0) is 71.9 Å². The fourth-order valence-corrected chi connectivity index (χ4v) is 3.60. The highest BCUT2D eigenvalue weighted by atomic mass is 35.5. The zero-order valence-corrected chi connectivity index (χ0v) is 17.1. The summed E-state index contributed by atoms with van der Waals surface area (Å²) in [4.78, 5) is 29.3.